The minimum absolute atomic E-state index is 0.167. The summed E-state index contributed by atoms with van der Waals surface area (Å²) in [6.07, 6.45) is 0. The van der Waals surface area contributed by atoms with Gasteiger partial charge in [-0.05, 0) is 25.1 Å². The van der Waals surface area contributed by atoms with Crippen LogP contribution in [0.2, 0.25) is 5.02 Å². The van der Waals surface area contributed by atoms with Crippen molar-refractivity contribution in [1.82, 2.24) is 0 Å². The van der Waals surface area contributed by atoms with Gasteiger partial charge in [0, 0.05) is 12.6 Å². The predicted molar refractivity (Wildman–Crippen MR) is 58.3 cm³/mol. The van der Waals surface area contributed by atoms with Crippen LogP contribution in [0, 0.1) is 11.3 Å². The van der Waals surface area contributed by atoms with Gasteiger partial charge < -0.3 is 11.1 Å². The van der Waals surface area contributed by atoms with Crippen molar-refractivity contribution in [1.29, 1.82) is 5.26 Å². The van der Waals surface area contributed by atoms with E-state index in [9.17, 15) is 0 Å². The van der Waals surface area contributed by atoms with Crippen molar-refractivity contribution in [3.63, 3.8) is 0 Å². The molecule has 0 fully saturated rings. The molecule has 3 N–H and O–H groups in total. The van der Waals surface area contributed by atoms with Gasteiger partial charge in [0.1, 0.15) is 0 Å². The van der Waals surface area contributed by atoms with Crippen LogP contribution in [0.1, 0.15) is 12.5 Å². The van der Waals surface area contributed by atoms with Gasteiger partial charge in [-0.25, -0.2) is 0 Å². The van der Waals surface area contributed by atoms with Crippen molar-refractivity contribution in [3.05, 3.63) is 28.8 Å². The molecule has 4 heteroatoms. The van der Waals surface area contributed by atoms with Gasteiger partial charge in [0.15, 0.2) is 0 Å². The Morgan fingerprint density at radius 3 is 2.86 bits per heavy atom. The van der Waals surface area contributed by atoms with Crippen LogP contribution in [0.3, 0.4) is 0 Å². The largest absolute Gasteiger partial charge is 0.380 e. The number of anilines is 1. The maximum absolute atomic E-state index is 8.63. The first-order valence-electron chi connectivity index (χ1n) is 4.33. The van der Waals surface area contributed by atoms with Gasteiger partial charge in [-0.3, -0.25) is 0 Å². The van der Waals surface area contributed by atoms with E-state index in [1.807, 2.05) is 13.0 Å². The molecule has 0 radical (unpaired) electrons. The molecule has 1 rings (SSSR count). The van der Waals surface area contributed by atoms with Crippen molar-refractivity contribution < 1.29 is 0 Å². The highest BCUT2D eigenvalue weighted by atomic mass is 35.5. The van der Waals surface area contributed by atoms with E-state index in [-0.39, 0.29) is 6.04 Å². The summed E-state index contributed by atoms with van der Waals surface area (Å²) in [7, 11) is 0. The molecule has 0 aromatic heterocycles. The van der Waals surface area contributed by atoms with E-state index < -0.39 is 0 Å². The fourth-order valence-electron chi connectivity index (χ4n) is 1.03. The van der Waals surface area contributed by atoms with E-state index in [2.05, 4.69) is 5.32 Å². The number of hydrogen-bond donors (Lipinski definition) is 2. The first-order chi connectivity index (χ1) is 6.67. The zero-order valence-corrected chi connectivity index (χ0v) is 8.67. The molecule has 0 aliphatic carbocycles. The molecule has 0 saturated carbocycles. The van der Waals surface area contributed by atoms with E-state index in [1.54, 1.807) is 18.2 Å². The molecule has 74 valence electrons. The molecule has 0 spiro atoms. The van der Waals surface area contributed by atoms with Crippen LogP contribution in [-0.4, -0.2) is 12.6 Å². The Bertz CT molecular complexity index is 357. The van der Waals surface area contributed by atoms with Crippen molar-refractivity contribution in [3.8, 4) is 6.07 Å². The Morgan fingerprint density at radius 1 is 1.64 bits per heavy atom. The lowest BCUT2D eigenvalue weighted by molar-refractivity contribution is 0.804. The van der Waals surface area contributed by atoms with E-state index >= 15 is 0 Å². The lowest BCUT2D eigenvalue weighted by atomic mass is 10.2. The normalized spacial score (nSPS) is 11.9. The van der Waals surface area contributed by atoms with Gasteiger partial charge in [-0.1, -0.05) is 11.6 Å². The van der Waals surface area contributed by atoms with Gasteiger partial charge in [0.2, 0.25) is 0 Å². The molecular formula is C10H12ClN3. The predicted octanol–water partition coefficient (Wildman–Crippen LogP) is 1.97. The van der Waals surface area contributed by atoms with E-state index in [0.29, 0.717) is 17.1 Å². The van der Waals surface area contributed by atoms with Gasteiger partial charge in [0.05, 0.1) is 22.3 Å². The van der Waals surface area contributed by atoms with Crippen LogP contribution in [0.15, 0.2) is 18.2 Å². The first-order valence-corrected chi connectivity index (χ1v) is 4.71. The lowest BCUT2D eigenvalue weighted by Crippen LogP contribution is -2.25. The second-order valence-corrected chi connectivity index (χ2v) is 3.49. The summed E-state index contributed by atoms with van der Waals surface area (Å²) in [4.78, 5) is 0. The topological polar surface area (TPSA) is 61.8 Å². The van der Waals surface area contributed by atoms with E-state index in [0.717, 1.165) is 5.69 Å². The molecule has 1 unspecified atom stereocenters. The molecule has 3 nitrogen and oxygen atoms in total. The lowest BCUT2D eigenvalue weighted by Gasteiger charge is -2.13. The number of nitriles is 1. The smallest absolute Gasteiger partial charge is 0.0992 e. The maximum atomic E-state index is 8.63. The quantitative estimate of drug-likeness (QED) is 0.800. The Balaban J connectivity index is 2.85. The second kappa shape index (κ2) is 4.85. The number of rotatable bonds is 3. The zero-order chi connectivity index (χ0) is 10.6. The molecule has 0 amide bonds. The maximum Gasteiger partial charge on any atom is 0.0992 e. The number of benzene rings is 1. The molecule has 0 aliphatic heterocycles. The SMILES string of the molecule is CC(CN)Nc1ccc(C#N)cc1Cl. The first kappa shape index (κ1) is 10.8. The van der Waals surface area contributed by atoms with Crippen LogP contribution in [0.4, 0.5) is 5.69 Å². The Labute approximate surface area is 88.5 Å². The molecule has 0 bridgehead atoms. The Morgan fingerprint density at radius 2 is 2.36 bits per heavy atom. The Kier molecular flexibility index (Phi) is 3.75. The number of nitrogens with two attached hydrogens (primary N) is 1. The summed E-state index contributed by atoms with van der Waals surface area (Å²) in [6.45, 7) is 2.50. The molecule has 1 aromatic rings. The van der Waals surface area contributed by atoms with E-state index in [1.165, 1.54) is 0 Å². The van der Waals surface area contributed by atoms with Crippen molar-refractivity contribution >= 4 is 17.3 Å². The summed E-state index contributed by atoms with van der Waals surface area (Å²) in [5, 5.41) is 12.3. The average molecular weight is 210 g/mol. The minimum Gasteiger partial charge on any atom is -0.380 e. The molecule has 1 aromatic carbocycles. The summed E-state index contributed by atoms with van der Waals surface area (Å²) < 4.78 is 0. The van der Waals surface area contributed by atoms with Crippen molar-refractivity contribution in [2.45, 2.75) is 13.0 Å². The summed E-state index contributed by atoms with van der Waals surface area (Å²) in [6, 6.07) is 7.33. The monoisotopic (exact) mass is 209 g/mol. The molecule has 0 heterocycles. The third-order valence-corrected chi connectivity index (χ3v) is 2.17. The summed E-state index contributed by atoms with van der Waals surface area (Å²) in [5.41, 5.74) is 6.83. The van der Waals surface area contributed by atoms with Crippen molar-refractivity contribution in [2.24, 2.45) is 5.73 Å². The number of halogens is 1. The van der Waals surface area contributed by atoms with Gasteiger partial charge in [0.25, 0.3) is 0 Å². The summed E-state index contributed by atoms with van der Waals surface area (Å²) in [5.74, 6) is 0. The van der Waals surface area contributed by atoms with Crippen LogP contribution >= 0.6 is 11.6 Å². The fraction of sp³-hybridized carbons (Fsp3) is 0.300. The summed E-state index contributed by atoms with van der Waals surface area (Å²) >= 11 is 5.95. The van der Waals surface area contributed by atoms with Crippen LogP contribution in [0.5, 0.6) is 0 Å². The van der Waals surface area contributed by atoms with Gasteiger partial charge in [-0.15, -0.1) is 0 Å². The van der Waals surface area contributed by atoms with Gasteiger partial charge >= 0.3 is 0 Å². The number of nitrogens with zero attached hydrogens (tertiary/aromatic N) is 1. The van der Waals surface area contributed by atoms with E-state index in [4.69, 9.17) is 22.6 Å². The molecule has 0 saturated heterocycles. The number of hydrogen-bond acceptors (Lipinski definition) is 3. The van der Waals surface area contributed by atoms with Crippen LogP contribution in [0.25, 0.3) is 0 Å². The zero-order valence-electron chi connectivity index (χ0n) is 7.92. The minimum atomic E-state index is 0.167. The highest BCUT2D eigenvalue weighted by Crippen LogP contribution is 2.23. The Hall–Kier alpha value is -1.24. The molecule has 0 aliphatic rings. The third-order valence-electron chi connectivity index (χ3n) is 1.85. The van der Waals surface area contributed by atoms with Gasteiger partial charge in [-0.2, -0.15) is 5.26 Å². The molecule has 1 atom stereocenters. The van der Waals surface area contributed by atoms with Crippen molar-refractivity contribution in [2.75, 3.05) is 11.9 Å². The fourth-order valence-corrected chi connectivity index (χ4v) is 1.26. The second-order valence-electron chi connectivity index (χ2n) is 3.09. The molecule has 14 heavy (non-hydrogen) atoms. The highest BCUT2D eigenvalue weighted by molar-refractivity contribution is 6.33. The van der Waals surface area contributed by atoms with Crippen LogP contribution in [-0.2, 0) is 0 Å². The third kappa shape index (κ3) is 2.63. The van der Waals surface area contributed by atoms with Crippen LogP contribution < -0.4 is 11.1 Å². The standard InChI is InChI=1S/C10H12ClN3/c1-7(5-12)14-10-3-2-8(6-13)4-9(10)11/h2-4,7,14H,5,12H2,1H3. The molecular weight excluding hydrogens is 198 g/mol. The number of nitrogens with one attached hydrogen (secondary N) is 1. The highest BCUT2D eigenvalue weighted by Gasteiger charge is 2.04. The average Bonchev–Trinajstić information content (AvgIpc) is 2.20.